The van der Waals surface area contributed by atoms with E-state index >= 15 is 0 Å². The molecule has 0 amide bonds. The molecule has 0 saturated heterocycles. The Labute approximate surface area is 104 Å². The van der Waals surface area contributed by atoms with Gasteiger partial charge in [-0.25, -0.2) is 0 Å². The lowest BCUT2D eigenvalue weighted by atomic mass is 9.79. The van der Waals surface area contributed by atoms with Gasteiger partial charge in [0.05, 0.1) is 5.41 Å². The standard InChI is InChI=1S/C13H15NO2S/c1-13(6-7-14,12(15)16)10-8-17-11-5-3-2-4-9(10)11/h2-5,8H,6-7,14H2,1H3,(H,15,16). The van der Waals surface area contributed by atoms with E-state index in [1.54, 1.807) is 18.3 Å². The maximum absolute atomic E-state index is 11.5. The van der Waals surface area contributed by atoms with Gasteiger partial charge in [-0.05, 0) is 42.3 Å². The molecule has 1 unspecified atom stereocenters. The van der Waals surface area contributed by atoms with Gasteiger partial charge in [-0.15, -0.1) is 11.3 Å². The number of aliphatic carboxylic acids is 1. The molecule has 90 valence electrons. The molecule has 2 aromatic rings. The second-order valence-electron chi connectivity index (χ2n) is 4.32. The third kappa shape index (κ3) is 1.94. The van der Waals surface area contributed by atoms with Crippen molar-refractivity contribution in [1.82, 2.24) is 0 Å². The number of benzene rings is 1. The minimum atomic E-state index is -0.894. The van der Waals surface area contributed by atoms with Crippen LogP contribution in [0.1, 0.15) is 18.9 Å². The number of rotatable bonds is 4. The molecule has 0 fully saturated rings. The zero-order chi connectivity index (χ0) is 12.5. The van der Waals surface area contributed by atoms with Crippen molar-refractivity contribution in [1.29, 1.82) is 0 Å². The minimum Gasteiger partial charge on any atom is -0.481 e. The van der Waals surface area contributed by atoms with E-state index < -0.39 is 11.4 Å². The maximum atomic E-state index is 11.5. The summed E-state index contributed by atoms with van der Waals surface area (Å²) < 4.78 is 1.12. The number of thiophene rings is 1. The van der Waals surface area contributed by atoms with Crippen molar-refractivity contribution >= 4 is 27.4 Å². The predicted molar refractivity (Wildman–Crippen MR) is 70.5 cm³/mol. The molecule has 17 heavy (non-hydrogen) atoms. The van der Waals surface area contributed by atoms with Crippen LogP contribution in [0.3, 0.4) is 0 Å². The van der Waals surface area contributed by atoms with Crippen LogP contribution in [-0.2, 0) is 10.2 Å². The first-order valence-electron chi connectivity index (χ1n) is 5.50. The molecule has 0 radical (unpaired) electrons. The average Bonchev–Trinajstić information content (AvgIpc) is 2.73. The van der Waals surface area contributed by atoms with Crippen molar-refractivity contribution in [3.63, 3.8) is 0 Å². The highest BCUT2D eigenvalue weighted by Crippen LogP contribution is 2.37. The third-order valence-corrected chi connectivity index (χ3v) is 4.16. The van der Waals surface area contributed by atoms with Crippen LogP contribution in [0.4, 0.5) is 0 Å². The SMILES string of the molecule is CC(CCN)(C(=O)O)c1csc2ccccc12. The Bertz CT molecular complexity index is 549. The van der Waals surface area contributed by atoms with Crippen molar-refractivity contribution in [2.45, 2.75) is 18.8 Å². The molecule has 2 rings (SSSR count). The van der Waals surface area contributed by atoms with Crippen LogP contribution in [0.2, 0.25) is 0 Å². The number of carboxylic acids is 1. The summed E-state index contributed by atoms with van der Waals surface area (Å²) in [4.78, 5) is 11.5. The molecular formula is C13H15NO2S. The topological polar surface area (TPSA) is 63.3 Å². The molecule has 0 saturated carbocycles. The van der Waals surface area contributed by atoms with Gasteiger partial charge in [0.1, 0.15) is 0 Å². The number of carboxylic acid groups (broad SMARTS) is 1. The highest BCUT2D eigenvalue weighted by atomic mass is 32.1. The normalized spacial score (nSPS) is 14.7. The summed E-state index contributed by atoms with van der Waals surface area (Å²) in [7, 11) is 0. The van der Waals surface area contributed by atoms with Crippen LogP contribution in [0.25, 0.3) is 10.1 Å². The van der Waals surface area contributed by atoms with Crippen molar-refractivity contribution in [3.8, 4) is 0 Å². The molecule has 3 nitrogen and oxygen atoms in total. The molecular weight excluding hydrogens is 234 g/mol. The van der Waals surface area contributed by atoms with Crippen LogP contribution in [0, 0.1) is 0 Å². The van der Waals surface area contributed by atoms with Gasteiger partial charge in [0.15, 0.2) is 0 Å². The van der Waals surface area contributed by atoms with E-state index in [9.17, 15) is 9.90 Å². The molecule has 0 aliphatic heterocycles. The summed E-state index contributed by atoms with van der Waals surface area (Å²) in [5.74, 6) is -0.813. The Morgan fingerprint density at radius 3 is 2.82 bits per heavy atom. The number of hydrogen-bond donors (Lipinski definition) is 2. The van der Waals surface area contributed by atoms with Crippen molar-refractivity contribution in [2.24, 2.45) is 5.73 Å². The first-order chi connectivity index (χ1) is 8.09. The van der Waals surface area contributed by atoms with E-state index in [-0.39, 0.29) is 0 Å². The van der Waals surface area contributed by atoms with Gasteiger partial charge in [-0.2, -0.15) is 0 Å². The Hall–Kier alpha value is -1.39. The second kappa shape index (κ2) is 4.47. The molecule has 0 bridgehead atoms. The molecule has 1 aromatic carbocycles. The van der Waals surface area contributed by atoms with Gasteiger partial charge in [-0.1, -0.05) is 18.2 Å². The minimum absolute atomic E-state index is 0.368. The van der Waals surface area contributed by atoms with E-state index in [1.807, 2.05) is 29.6 Å². The average molecular weight is 249 g/mol. The zero-order valence-corrected chi connectivity index (χ0v) is 10.5. The smallest absolute Gasteiger partial charge is 0.313 e. The molecule has 4 heteroatoms. The lowest BCUT2D eigenvalue weighted by Crippen LogP contribution is -2.34. The number of hydrogen-bond acceptors (Lipinski definition) is 3. The van der Waals surface area contributed by atoms with Crippen LogP contribution < -0.4 is 5.73 Å². The van der Waals surface area contributed by atoms with E-state index in [2.05, 4.69) is 0 Å². The van der Waals surface area contributed by atoms with Gasteiger partial charge in [0.2, 0.25) is 0 Å². The second-order valence-corrected chi connectivity index (χ2v) is 5.23. The molecule has 1 aromatic heterocycles. The van der Waals surface area contributed by atoms with Crippen LogP contribution in [-0.4, -0.2) is 17.6 Å². The van der Waals surface area contributed by atoms with Crippen molar-refractivity contribution < 1.29 is 9.90 Å². The summed E-state index contributed by atoms with van der Waals surface area (Å²) in [5.41, 5.74) is 5.52. The highest BCUT2D eigenvalue weighted by Gasteiger charge is 2.36. The van der Waals surface area contributed by atoms with Gasteiger partial charge < -0.3 is 10.8 Å². The fraction of sp³-hybridized carbons (Fsp3) is 0.308. The predicted octanol–water partition coefficient (Wildman–Crippen LogP) is 2.59. The molecule has 0 spiro atoms. The summed E-state index contributed by atoms with van der Waals surface area (Å²) >= 11 is 1.58. The Balaban J connectivity index is 2.60. The van der Waals surface area contributed by atoms with E-state index in [1.165, 1.54) is 0 Å². The first kappa shape index (κ1) is 12.1. The van der Waals surface area contributed by atoms with Crippen LogP contribution in [0.15, 0.2) is 29.6 Å². The van der Waals surface area contributed by atoms with E-state index in [4.69, 9.17) is 5.73 Å². The third-order valence-electron chi connectivity index (χ3n) is 3.19. The number of nitrogens with two attached hydrogens (primary N) is 1. The highest BCUT2D eigenvalue weighted by molar-refractivity contribution is 7.17. The maximum Gasteiger partial charge on any atom is 0.313 e. The molecule has 1 heterocycles. The number of fused-ring (bicyclic) bond motifs is 1. The largest absolute Gasteiger partial charge is 0.481 e. The van der Waals surface area contributed by atoms with Crippen LogP contribution >= 0.6 is 11.3 Å². The summed E-state index contributed by atoms with van der Waals surface area (Å²) in [5, 5.41) is 12.4. The number of carbonyl (C=O) groups is 1. The van der Waals surface area contributed by atoms with Crippen molar-refractivity contribution in [3.05, 3.63) is 35.2 Å². The quantitative estimate of drug-likeness (QED) is 0.875. The Kier molecular flexibility index (Phi) is 3.17. The van der Waals surface area contributed by atoms with Gasteiger partial charge in [0, 0.05) is 4.70 Å². The molecule has 0 aliphatic rings. The monoisotopic (exact) mass is 249 g/mol. The van der Waals surface area contributed by atoms with Gasteiger partial charge >= 0.3 is 5.97 Å². The van der Waals surface area contributed by atoms with E-state index in [0.29, 0.717) is 13.0 Å². The zero-order valence-electron chi connectivity index (χ0n) is 9.64. The Morgan fingerprint density at radius 1 is 1.47 bits per heavy atom. The lowest BCUT2D eigenvalue weighted by molar-refractivity contribution is -0.143. The first-order valence-corrected chi connectivity index (χ1v) is 6.38. The molecule has 0 aliphatic carbocycles. The summed E-state index contributed by atoms with van der Waals surface area (Å²) in [6, 6.07) is 7.88. The lowest BCUT2D eigenvalue weighted by Gasteiger charge is -2.23. The fourth-order valence-corrected chi connectivity index (χ4v) is 3.14. The van der Waals surface area contributed by atoms with Gasteiger partial charge in [-0.3, -0.25) is 4.79 Å². The van der Waals surface area contributed by atoms with E-state index in [0.717, 1.165) is 15.6 Å². The van der Waals surface area contributed by atoms with Crippen LogP contribution in [0.5, 0.6) is 0 Å². The van der Waals surface area contributed by atoms with Crippen molar-refractivity contribution in [2.75, 3.05) is 6.54 Å². The van der Waals surface area contributed by atoms with Gasteiger partial charge in [0.25, 0.3) is 0 Å². The summed E-state index contributed by atoms with van der Waals surface area (Å²) in [6.07, 6.45) is 0.447. The molecule has 3 N–H and O–H groups in total. The summed E-state index contributed by atoms with van der Waals surface area (Å²) in [6.45, 7) is 2.11. The fourth-order valence-electron chi connectivity index (χ4n) is 2.05. The molecule has 1 atom stereocenters. The Morgan fingerprint density at radius 2 is 2.18 bits per heavy atom.